The summed E-state index contributed by atoms with van der Waals surface area (Å²) in [6.07, 6.45) is 0.195. The normalized spacial score (nSPS) is 13.8. The molecule has 1 aliphatic rings. The number of fused-ring (bicyclic) bond motifs is 1. The molecule has 0 aliphatic carbocycles. The minimum atomic E-state index is -3.55. The van der Waals surface area contributed by atoms with Crippen LogP contribution in [0.3, 0.4) is 0 Å². The summed E-state index contributed by atoms with van der Waals surface area (Å²) in [5.74, 6) is -0.353. The van der Waals surface area contributed by atoms with Crippen LogP contribution in [0, 0.1) is 0 Å². The van der Waals surface area contributed by atoms with Crippen LogP contribution in [0.2, 0.25) is 10.0 Å². The molecule has 114 valence electrons. The Morgan fingerprint density at radius 2 is 1.86 bits per heavy atom. The van der Waals surface area contributed by atoms with Crippen LogP contribution < -0.4 is 5.32 Å². The molecule has 22 heavy (non-hydrogen) atoms. The predicted molar refractivity (Wildman–Crippen MR) is 86.1 cm³/mol. The van der Waals surface area contributed by atoms with Gasteiger partial charge in [0.15, 0.2) is 9.84 Å². The predicted octanol–water partition coefficient (Wildman–Crippen LogP) is 3.46. The Morgan fingerprint density at radius 1 is 1.09 bits per heavy atom. The van der Waals surface area contributed by atoms with Gasteiger partial charge in [0.25, 0.3) is 0 Å². The van der Waals surface area contributed by atoms with E-state index >= 15 is 0 Å². The fourth-order valence-electron chi connectivity index (χ4n) is 2.33. The fourth-order valence-corrected chi connectivity index (χ4v) is 4.31. The minimum Gasteiger partial charge on any atom is -0.326 e. The first kappa shape index (κ1) is 15.3. The van der Waals surface area contributed by atoms with Crippen LogP contribution >= 0.6 is 23.2 Å². The van der Waals surface area contributed by atoms with Crippen molar-refractivity contribution in [2.75, 3.05) is 5.32 Å². The van der Waals surface area contributed by atoms with Gasteiger partial charge < -0.3 is 5.32 Å². The monoisotopic (exact) mass is 355 g/mol. The van der Waals surface area contributed by atoms with Crippen LogP contribution in [-0.2, 0) is 26.8 Å². The molecule has 1 aliphatic heterocycles. The molecular formula is C15H11Cl2NO3S. The number of hydrogen-bond donors (Lipinski definition) is 1. The molecule has 0 saturated carbocycles. The fraction of sp³-hybridized carbons (Fsp3) is 0.133. The molecule has 0 fully saturated rings. The maximum Gasteiger partial charge on any atom is 0.228 e. The highest BCUT2D eigenvalue weighted by Gasteiger charge is 2.22. The zero-order valence-electron chi connectivity index (χ0n) is 11.3. The Labute approximate surface area is 138 Å². The van der Waals surface area contributed by atoms with E-state index in [0.29, 0.717) is 26.9 Å². The van der Waals surface area contributed by atoms with Crippen molar-refractivity contribution < 1.29 is 13.2 Å². The van der Waals surface area contributed by atoms with Crippen LogP contribution in [0.5, 0.6) is 0 Å². The number of rotatable bonds is 3. The molecule has 1 N–H and O–H groups in total. The van der Waals surface area contributed by atoms with E-state index in [0.717, 1.165) is 0 Å². The van der Waals surface area contributed by atoms with Gasteiger partial charge in [-0.05, 0) is 41.5 Å². The van der Waals surface area contributed by atoms with Crippen molar-refractivity contribution in [1.82, 2.24) is 0 Å². The van der Waals surface area contributed by atoms with Gasteiger partial charge in [-0.3, -0.25) is 4.79 Å². The largest absolute Gasteiger partial charge is 0.326 e. The van der Waals surface area contributed by atoms with Crippen molar-refractivity contribution in [2.24, 2.45) is 0 Å². The smallest absolute Gasteiger partial charge is 0.228 e. The molecule has 0 unspecified atom stereocenters. The first-order valence-electron chi connectivity index (χ1n) is 6.44. The summed E-state index contributed by atoms with van der Waals surface area (Å²) in [5, 5.41) is 3.44. The van der Waals surface area contributed by atoms with Crippen LogP contribution in [0.1, 0.15) is 11.1 Å². The van der Waals surface area contributed by atoms with E-state index in [1.807, 2.05) is 0 Å². The number of halogens is 2. The number of carbonyl (C=O) groups is 1. The molecule has 7 heteroatoms. The Bertz CT molecular complexity index is 878. The standard InChI is InChI=1S/C15H11Cl2NO3S/c16-11-2-1-9(13(17)7-11)8-22(20,21)12-3-4-14-10(5-12)6-15(19)18-14/h1-5,7H,6,8H2,(H,18,19). The molecule has 0 radical (unpaired) electrons. The summed E-state index contributed by atoms with van der Waals surface area (Å²) in [6.45, 7) is 0. The molecule has 3 rings (SSSR count). The lowest BCUT2D eigenvalue weighted by Gasteiger charge is -2.08. The second-order valence-electron chi connectivity index (χ2n) is 5.04. The van der Waals surface area contributed by atoms with E-state index in [4.69, 9.17) is 23.2 Å². The SMILES string of the molecule is O=C1Cc2cc(S(=O)(=O)Cc3ccc(Cl)cc3Cl)ccc2N1. The zero-order valence-corrected chi connectivity index (χ0v) is 13.6. The molecule has 0 aromatic heterocycles. The van der Waals surface area contributed by atoms with E-state index in [9.17, 15) is 13.2 Å². The Hall–Kier alpha value is -1.56. The topological polar surface area (TPSA) is 63.2 Å². The van der Waals surface area contributed by atoms with Gasteiger partial charge in [0.2, 0.25) is 5.91 Å². The van der Waals surface area contributed by atoms with Gasteiger partial charge in [0.05, 0.1) is 17.1 Å². The van der Waals surface area contributed by atoms with Gasteiger partial charge in [-0.2, -0.15) is 0 Å². The maximum absolute atomic E-state index is 12.5. The molecule has 0 saturated heterocycles. The van der Waals surface area contributed by atoms with Crippen LogP contribution in [0.15, 0.2) is 41.3 Å². The lowest BCUT2D eigenvalue weighted by Crippen LogP contribution is -2.06. The van der Waals surface area contributed by atoms with Crippen molar-refractivity contribution >= 4 is 44.6 Å². The first-order valence-corrected chi connectivity index (χ1v) is 8.85. The van der Waals surface area contributed by atoms with Gasteiger partial charge in [0.1, 0.15) is 0 Å². The molecule has 2 aromatic carbocycles. The quantitative estimate of drug-likeness (QED) is 0.916. The average molecular weight is 356 g/mol. The van der Waals surface area contributed by atoms with Crippen molar-refractivity contribution in [2.45, 2.75) is 17.1 Å². The van der Waals surface area contributed by atoms with Gasteiger partial charge in [-0.1, -0.05) is 29.3 Å². The lowest BCUT2D eigenvalue weighted by molar-refractivity contribution is -0.115. The number of sulfone groups is 1. The van der Waals surface area contributed by atoms with E-state index in [-0.39, 0.29) is 23.0 Å². The molecule has 1 amide bonds. The third kappa shape index (κ3) is 2.97. The van der Waals surface area contributed by atoms with Crippen LogP contribution in [-0.4, -0.2) is 14.3 Å². The highest BCUT2D eigenvalue weighted by atomic mass is 35.5. The Kier molecular flexibility index (Phi) is 3.89. The van der Waals surface area contributed by atoms with Crippen molar-refractivity contribution in [1.29, 1.82) is 0 Å². The van der Waals surface area contributed by atoms with E-state index in [1.54, 1.807) is 18.2 Å². The maximum atomic E-state index is 12.5. The van der Waals surface area contributed by atoms with Crippen LogP contribution in [0.4, 0.5) is 5.69 Å². The molecule has 0 atom stereocenters. The molecule has 4 nitrogen and oxygen atoms in total. The third-order valence-electron chi connectivity index (χ3n) is 3.42. The summed E-state index contributed by atoms with van der Waals surface area (Å²) in [5.41, 5.74) is 1.84. The average Bonchev–Trinajstić information content (AvgIpc) is 2.81. The van der Waals surface area contributed by atoms with Gasteiger partial charge in [-0.15, -0.1) is 0 Å². The molecule has 0 spiro atoms. The number of hydrogen-bond acceptors (Lipinski definition) is 3. The summed E-state index contributed by atoms with van der Waals surface area (Å²) in [4.78, 5) is 11.5. The first-order chi connectivity index (χ1) is 10.3. The summed E-state index contributed by atoms with van der Waals surface area (Å²) >= 11 is 11.8. The number of benzene rings is 2. The number of anilines is 1. The van der Waals surface area contributed by atoms with Crippen molar-refractivity contribution in [3.63, 3.8) is 0 Å². The van der Waals surface area contributed by atoms with E-state index in [2.05, 4.69) is 5.32 Å². The van der Waals surface area contributed by atoms with E-state index < -0.39 is 9.84 Å². The lowest BCUT2D eigenvalue weighted by atomic mass is 10.2. The molecule has 0 bridgehead atoms. The van der Waals surface area contributed by atoms with E-state index in [1.165, 1.54) is 18.2 Å². The Balaban J connectivity index is 1.94. The molecule has 1 heterocycles. The van der Waals surface area contributed by atoms with Crippen molar-refractivity contribution in [3.8, 4) is 0 Å². The van der Waals surface area contributed by atoms with Crippen LogP contribution in [0.25, 0.3) is 0 Å². The van der Waals surface area contributed by atoms with Crippen molar-refractivity contribution in [3.05, 3.63) is 57.6 Å². The summed E-state index contributed by atoms with van der Waals surface area (Å²) < 4.78 is 25.0. The van der Waals surface area contributed by atoms with Gasteiger partial charge in [0, 0.05) is 15.7 Å². The Morgan fingerprint density at radius 3 is 2.59 bits per heavy atom. The molecular weight excluding hydrogens is 345 g/mol. The number of carbonyl (C=O) groups excluding carboxylic acids is 1. The highest BCUT2D eigenvalue weighted by Crippen LogP contribution is 2.29. The zero-order chi connectivity index (χ0) is 15.9. The van der Waals surface area contributed by atoms with Gasteiger partial charge >= 0.3 is 0 Å². The highest BCUT2D eigenvalue weighted by molar-refractivity contribution is 7.90. The molecule has 2 aromatic rings. The summed E-state index contributed by atoms with van der Waals surface area (Å²) in [6, 6.07) is 9.34. The number of nitrogens with one attached hydrogen (secondary N) is 1. The minimum absolute atomic E-state index is 0.134. The second-order valence-corrected chi connectivity index (χ2v) is 7.87. The summed E-state index contributed by atoms with van der Waals surface area (Å²) in [7, 11) is -3.55. The van der Waals surface area contributed by atoms with Gasteiger partial charge in [-0.25, -0.2) is 8.42 Å². The second kappa shape index (κ2) is 5.57. The number of amides is 1. The third-order valence-corrected chi connectivity index (χ3v) is 5.67.